The molecule has 2 saturated heterocycles. The molecule has 0 aliphatic carbocycles. The number of rotatable bonds is 6. The minimum atomic E-state index is -3.47. The molecule has 0 aromatic heterocycles. The van der Waals surface area contributed by atoms with Crippen LogP contribution in [0.1, 0.15) is 44.1 Å². The van der Waals surface area contributed by atoms with Crippen molar-refractivity contribution in [1.82, 2.24) is 9.21 Å². The minimum absolute atomic E-state index is 0.0400. The lowest BCUT2D eigenvalue weighted by Crippen LogP contribution is -2.37. The van der Waals surface area contributed by atoms with Crippen LogP contribution in [0.2, 0.25) is 0 Å². The summed E-state index contributed by atoms with van der Waals surface area (Å²) in [7, 11) is -4.84. The fourth-order valence-electron chi connectivity index (χ4n) is 3.97. The number of benzene rings is 1. The highest BCUT2D eigenvalue weighted by Crippen LogP contribution is 2.22. The van der Waals surface area contributed by atoms with Crippen LogP contribution in [-0.2, 0) is 31.1 Å². The summed E-state index contributed by atoms with van der Waals surface area (Å²) in [6.07, 6.45) is 5.19. The Labute approximate surface area is 174 Å². The molecule has 7 nitrogen and oxygen atoms in total. The third-order valence-electron chi connectivity index (χ3n) is 5.90. The molecule has 29 heavy (non-hydrogen) atoms. The van der Waals surface area contributed by atoms with E-state index in [2.05, 4.69) is 0 Å². The van der Waals surface area contributed by atoms with Crippen molar-refractivity contribution in [3.63, 3.8) is 0 Å². The van der Waals surface area contributed by atoms with Gasteiger partial charge >= 0.3 is 0 Å². The Balaban J connectivity index is 1.57. The Bertz CT molecular complexity index is 918. The molecule has 1 unspecified atom stereocenters. The van der Waals surface area contributed by atoms with E-state index in [9.17, 15) is 21.6 Å². The second-order valence-electron chi connectivity index (χ2n) is 8.02. The minimum Gasteiger partial charge on any atom is -0.342 e. The predicted molar refractivity (Wildman–Crippen MR) is 112 cm³/mol. The monoisotopic (exact) mass is 442 g/mol. The number of sulfonamides is 1. The highest BCUT2D eigenvalue weighted by Gasteiger charge is 2.32. The van der Waals surface area contributed by atoms with E-state index in [1.165, 1.54) is 0 Å². The van der Waals surface area contributed by atoms with Gasteiger partial charge in [-0.15, -0.1) is 0 Å². The van der Waals surface area contributed by atoms with Crippen molar-refractivity contribution in [3.05, 3.63) is 29.8 Å². The Kier molecular flexibility index (Phi) is 7.01. The maximum atomic E-state index is 12.8. The molecule has 2 fully saturated rings. The molecule has 1 atom stereocenters. The smallest absolute Gasteiger partial charge is 0.243 e. The van der Waals surface area contributed by atoms with Crippen molar-refractivity contribution in [2.24, 2.45) is 0 Å². The summed E-state index contributed by atoms with van der Waals surface area (Å²) in [6, 6.07) is 6.52. The Morgan fingerprint density at radius 3 is 2.28 bits per heavy atom. The highest BCUT2D eigenvalue weighted by molar-refractivity contribution is 7.91. The van der Waals surface area contributed by atoms with Crippen LogP contribution in [0.4, 0.5) is 0 Å². The molecule has 0 spiro atoms. The van der Waals surface area contributed by atoms with Crippen molar-refractivity contribution in [2.75, 3.05) is 31.6 Å². The van der Waals surface area contributed by atoms with Gasteiger partial charge in [0.25, 0.3) is 0 Å². The zero-order chi connectivity index (χ0) is 21.1. The third-order valence-corrected chi connectivity index (χ3v) is 9.57. The topological polar surface area (TPSA) is 91.8 Å². The van der Waals surface area contributed by atoms with E-state index in [1.54, 1.807) is 40.5 Å². The number of amides is 1. The number of nitrogens with zero attached hydrogens (tertiary/aromatic N) is 2. The zero-order valence-electron chi connectivity index (χ0n) is 16.9. The molecule has 0 N–H and O–H groups in total. The Morgan fingerprint density at radius 2 is 1.72 bits per heavy atom. The number of hydrogen-bond acceptors (Lipinski definition) is 5. The number of carbonyl (C=O) groups is 1. The second kappa shape index (κ2) is 9.14. The molecule has 2 aliphatic rings. The van der Waals surface area contributed by atoms with Crippen molar-refractivity contribution >= 4 is 25.8 Å². The van der Waals surface area contributed by atoms with Crippen LogP contribution >= 0.6 is 0 Å². The van der Waals surface area contributed by atoms with Gasteiger partial charge in [0, 0.05) is 32.6 Å². The van der Waals surface area contributed by atoms with Gasteiger partial charge < -0.3 is 4.90 Å². The van der Waals surface area contributed by atoms with Gasteiger partial charge in [-0.2, -0.15) is 4.31 Å². The Morgan fingerprint density at radius 1 is 1.10 bits per heavy atom. The molecule has 162 valence electrons. The lowest BCUT2D eigenvalue weighted by atomic mass is 10.1. The summed E-state index contributed by atoms with van der Waals surface area (Å²) < 4.78 is 50.4. The average Bonchev–Trinajstić information content (AvgIpc) is 2.88. The quantitative estimate of drug-likeness (QED) is 0.670. The molecule has 3 rings (SSSR count). The van der Waals surface area contributed by atoms with Gasteiger partial charge in [-0.3, -0.25) is 4.79 Å². The first kappa shape index (κ1) is 22.2. The normalized spacial score (nSPS) is 22.9. The molecule has 1 aromatic carbocycles. The largest absolute Gasteiger partial charge is 0.342 e. The molecular formula is C20H30N2O5S2. The molecule has 1 amide bonds. The summed E-state index contributed by atoms with van der Waals surface area (Å²) in [5.74, 6) is 0.0916. The van der Waals surface area contributed by atoms with Crippen molar-refractivity contribution in [1.29, 1.82) is 0 Å². The molecule has 0 bridgehead atoms. The fourth-order valence-corrected chi connectivity index (χ4v) is 7.26. The van der Waals surface area contributed by atoms with E-state index in [-0.39, 0.29) is 29.9 Å². The van der Waals surface area contributed by atoms with Gasteiger partial charge in [0.2, 0.25) is 15.9 Å². The van der Waals surface area contributed by atoms with E-state index in [4.69, 9.17) is 0 Å². The lowest BCUT2D eigenvalue weighted by molar-refractivity contribution is -0.131. The van der Waals surface area contributed by atoms with Crippen LogP contribution < -0.4 is 0 Å². The van der Waals surface area contributed by atoms with Crippen LogP contribution in [0.3, 0.4) is 0 Å². The van der Waals surface area contributed by atoms with Crippen molar-refractivity contribution in [3.8, 4) is 0 Å². The first-order valence-electron chi connectivity index (χ1n) is 10.2. The summed E-state index contributed by atoms with van der Waals surface area (Å²) in [4.78, 5) is 14.2. The van der Waals surface area contributed by atoms with E-state index in [0.29, 0.717) is 30.8 Å². The second-order valence-corrected chi connectivity index (χ2v) is 12.2. The SMILES string of the molecule is CN(C(=O)CCc1ccc(S(=O)(=O)N2CCCCCC2)cc1)C1CCS(=O)(=O)C1. The Hall–Kier alpha value is -1.45. The maximum Gasteiger partial charge on any atom is 0.243 e. The summed E-state index contributed by atoms with van der Waals surface area (Å²) in [6.45, 7) is 1.14. The molecule has 0 saturated carbocycles. The van der Waals surface area contributed by atoms with Crippen LogP contribution in [0, 0.1) is 0 Å². The predicted octanol–water partition coefficient (Wildman–Crippen LogP) is 1.83. The van der Waals surface area contributed by atoms with Gasteiger partial charge in [-0.25, -0.2) is 16.8 Å². The number of hydrogen-bond donors (Lipinski definition) is 0. The summed E-state index contributed by atoms with van der Waals surface area (Å²) in [5.41, 5.74) is 0.889. The van der Waals surface area contributed by atoms with Gasteiger partial charge in [-0.1, -0.05) is 25.0 Å². The molecule has 0 radical (unpaired) electrons. The third kappa shape index (κ3) is 5.58. The molecule has 9 heteroatoms. The summed E-state index contributed by atoms with van der Waals surface area (Å²) >= 11 is 0. The fraction of sp³-hybridized carbons (Fsp3) is 0.650. The average molecular weight is 443 g/mol. The number of sulfone groups is 1. The zero-order valence-corrected chi connectivity index (χ0v) is 18.6. The lowest BCUT2D eigenvalue weighted by Gasteiger charge is -2.23. The van der Waals surface area contributed by atoms with Gasteiger partial charge in [0.15, 0.2) is 9.84 Å². The van der Waals surface area contributed by atoms with Gasteiger partial charge in [-0.05, 0) is 43.4 Å². The molecular weight excluding hydrogens is 412 g/mol. The molecule has 1 aromatic rings. The number of aryl methyl sites for hydroxylation is 1. The van der Waals surface area contributed by atoms with Crippen molar-refractivity contribution in [2.45, 2.75) is 55.9 Å². The van der Waals surface area contributed by atoms with E-state index < -0.39 is 19.9 Å². The first-order valence-corrected chi connectivity index (χ1v) is 13.5. The van der Waals surface area contributed by atoms with E-state index in [0.717, 1.165) is 31.2 Å². The van der Waals surface area contributed by atoms with Gasteiger partial charge in [0.05, 0.1) is 16.4 Å². The van der Waals surface area contributed by atoms with Crippen LogP contribution in [0.5, 0.6) is 0 Å². The molecule has 2 heterocycles. The van der Waals surface area contributed by atoms with E-state index >= 15 is 0 Å². The molecule has 2 aliphatic heterocycles. The van der Waals surface area contributed by atoms with Crippen molar-refractivity contribution < 1.29 is 21.6 Å². The summed E-state index contributed by atoms with van der Waals surface area (Å²) in [5, 5.41) is 0. The van der Waals surface area contributed by atoms with Crippen LogP contribution in [0.15, 0.2) is 29.2 Å². The maximum absolute atomic E-state index is 12.8. The van der Waals surface area contributed by atoms with Gasteiger partial charge in [0.1, 0.15) is 0 Å². The number of carbonyl (C=O) groups excluding carboxylic acids is 1. The van der Waals surface area contributed by atoms with E-state index in [1.807, 2.05) is 0 Å². The standard InChI is InChI=1S/C20H30N2O5S2/c1-21(18-12-15-28(24,25)16-18)20(23)11-8-17-6-9-19(10-7-17)29(26,27)22-13-4-2-3-5-14-22/h6-7,9-10,18H,2-5,8,11-16H2,1H3. The van der Waals surface area contributed by atoms with Crippen LogP contribution in [0.25, 0.3) is 0 Å². The van der Waals surface area contributed by atoms with Crippen LogP contribution in [-0.4, -0.2) is 69.6 Å². The first-order chi connectivity index (χ1) is 13.7. The highest BCUT2D eigenvalue weighted by atomic mass is 32.2.